The number of oxime groups is 1. The zero-order valence-electron chi connectivity index (χ0n) is 12.0. The molecule has 5 N–H and O–H groups in total. The van der Waals surface area contributed by atoms with E-state index < -0.39 is 6.03 Å². The van der Waals surface area contributed by atoms with Crippen molar-refractivity contribution in [1.82, 2.24) is 5.32 Å². The molecular formula is C13H20N4O3. The Morgan fingerprint density at radius 2 is 2.05 bits per heavy atom. The van der Waals surface area contributed by atoms with Crippen LogP contribution in [0.15, 0.2) is 23.4 Å². The molecular weight excluding hydrogens is 260 g/mol. The van der Waals surface area contributed by atoms with Crippen molar-refractivity contribution < 1.29 is 14.7 Å². The maximum absolute atomic E-state index is 11.9. The van der Waals surface area contributed by atoms with Crippen LogP contribution in [0.4, 0.5) is 10.5 Å². The first-order valence-corrected chi connectivity index (χ1v) is 6.02. The van der Waals surface area contributed by atoms with Crippen LogP contribution >= 0.6 is 0 Å². The van der Waals surface area contributed by atoms with Crippen LogP contribution in [0.3, 0.4) is 0 Å². The first-order chi connectivity index (χ1) is 9.28. The normalized spacial score (nSPS) is 11.9. The van der Waals surface area contributed by atoms with Gasteiger partial charge in [0.2, 0.25) is 0 Å². The van der Waals surface area contributed by atoms with Gasteiger partial charge in [-0.3, -0.25) is 0 Å². The Morgan fingerprint density at radius 1 is 1.40 bits per heavy atom. The van der Waals surface area contributed by atoms with E-state index in [9.17, 15) is 4.79 Å². The van der Waals surface area contributed by atoms with Crippen LogP contribution < -0.4 is 21.1 Å². The predicted molar refractivity (Wildman–Crippen MR) is 77.4 cm³/mol. The molecule has 2 amide bonds. The molecule has 0 radical (unpaired) electrons. The summed E-state index contributed by atoms with van der Waals surface area (Å²) < 4.78 is 5.18. The highest BCUT2D eigenvalue weighted by Gasteiger charge is 2.18. The zero-order valence-corrected chi connectivity index (χ0v) is 12.0. The smallest absolute Gasteiger partial charge is 0.319 e. The number of carbonyl (C=O) groups excluding carboxylic acids is 1. The summed E-state index contributed by atoms with van der Waals surface area (Å²) in [6.45, 7) is 5.58. The fourth-order valence-electron chi connectivity index (χ4n) is 1.58. The van der Waals surface area contributed by atoms with Gasteiger partial charge in [-0.1, -0.05) is 11.2 Å². The highest BCUT2D eigenvalue weighted by molar-refractivity contribution is 6.06. The molecule has 0 unspecified atom stereocenters. The van der Waals surface area contributed by atoms with Crippen molar-refractivity contribution >= 4 is 17.6 Å². The minimum absolute atomic E-state index is 0.116. The van der Waals surface area contributed by atoms with Crippen molar-refractivity contribution in [2.45, 2.75) is 26.3 Å². The van der Waals surface area contributed by atoms with Gasteiger partial charge < -0.3 is 26.3 Å². The molecule has 0 fully saturated rings. The second-order valence-electron chi connectivity index (χ2n) is 5.20. The molecule has 0 saturated heterocycles. The van der Waals surface area contributed by atoms with Crippen LogP contribution in [-0.2, 0) is 0 Å². The lowest BCUT2D eigenvalue weighted by Crippen LogP contribution is -2.43. The molecule has 1 aromatic carbocycles. The molecule has 0 saturated carbocycles. The van der Waals surface area contributed by atoms with Gasteiger partial charge in [-0.2, -0.15) is 0 Å². The van der Waals surface area contributed by atoms with E-state index in [0.29, 0.717) is 17.0 Å². The topological polar surface area (TPSA) is 109 Å². The SMILES string of the molecule is COc1cccc(/C(N)=N/O)c1NC(=O)NC(C)(C)C. The van der Waals surface area contributed by atoms with E-state index in [2.05, 4.69) is 15.8 Å². The van der Waals surface area contributed by atoms with Crippen LogP contribution in [0.2, 0.25) is 0 Å². The number of hydrogen-bond donors (Lipinski definition) is 4. The number of nitrogens with two attached hydrogens (primary N) is 1. The van der Waals surface area contributed by atoms with Gasteiger partial charge in [-0.15, -0.1) is 0 Å². The molecule has 0 aromatic heterocycles. The van der Waals surface area contributed by atoms with Gasteiger partial charge in [0.25, 0.3) is 0 Å². The number of carbonyl (C=O) groups is 1. The van der Waals surface area contributed by atoms with Crippen LogP contribution in [0, 0.1) is 0 Å². The molecule has 0 bridgehead atoms. The maximum atomic E-state index is 11.9. The van der Waals surface area contributed by atoms with Crippen LogP contribution in [0.1, 0.15) is 26.3 Å². The highest BCUT2D eigenvalue weighted by Crippen LogP contribution is 2.28. The Kier molecular flexibility index (Phi) is 4.79. The molecule has 1 rings (SSSR count). The average Bonchev–Trinajstić information content (AvgIpc) is 2.35. The summed E-state index contributed by atoms with van der Waals surface area (Å²) in [7, 11) is 1.47. The average molecular weight is 280 g/mol. The number of para-hydroxylation sites is 1. The first kappa shape index (κ1) is 15.6. The largest absolute Gasteiger partial charge is 0.495 e. The predicted octanol–water partition coefficient (Wildman–Crippen LogP) is 1.71. The minimum Gasteiger partial charge on any atom is -0.495 e. The standard InChI is InChI=1S/C13H20N4O3/c1-13(2,3)16-12(18)15-10-8(11(14)17-19)6-5-7-9(10)20-4/h5-7,19H,1-4H3,(H2,14,17)(H2,15,16,18). The fraction of sp³-hybridized carbons (Fsp3) is 0.385. The summed E-state index contributed by atoms with van der Waals surface area (Å²) in [5.74, 6) is 0.299. The van der Waals surface area contributed by atoms with Crippen LogP contribution in [-0.4, -0.2) is 29.7 Å². The summed E-state index contributed by atoms with van der Waals surface area (Å²) in [5, 5.41) is 17.1. The molecule has 0 aliphatic heterocycles. The number of urea groups is 1. The number of nitrogens with one attached hydrogen (secondary N) is 2. The molecule has 7 nitrogen and oxygen atoms in total. The Hall–Kier alpha value is -2.44. The van der Waals surface area contributed by atoms with Crippen molar-refractivity contribution in [2.24, 2.45) is 10.9 Å². The molecule has 0 atom stereocenters. The fourth-order valence-corrected chi connectivity index (χ4v) is 1.58. The van der Waals surface area contributed by atoms with E-state index in [1.807, 2.05) is 20.8 Å². The lowest BCUT2D eigenvalue weighted by Gasteiger charge is -2.22. The van der Waals surface area contributed by atoms with Gasteiger partial charge in [0.05, 0.1) is 12.8 Å². The summed E-state index contributed by atoms with van der Waals surface area (Å²) >= 11 is 0. The maximum Gasteiger partial charge on any atom is 0.319 e. The van der Waals surface area contributed by atoms with Gasteiger partial charge in [0.1, 0.15) is 5.75 Å². The zero-order chi connectivity index (χ0) is 15.3. The molecule has 1 aromatic rings. The molecule has 0 aliphatic rings. The number of amides is 2. The summed E-state index contributed by atoms with van der Waals surface area (Å²) in [4.78, 5) is 11.9. The van der Waals surface area contributed by atoms with Crippen molar-refractivity contribution in [2.75, 3.05) is 12.4 Å². The lowest BCUT2D eigenvalue weighted by atomic mass is 10.1. The van der Waals surface area contributed by atoms with Gasteiger partial charge in [0.15, 0.2) is 5.84 Å². The number of hydrogen-bond acceptors (Lipinski definition) is 4. The highest BCUT2D eigenvalue weighted by atomic mass is 16.5. The number of rotatable bonds is 3. The lowest BCUT2D eigenvalue weighted by molar-refractivity contribution is 0.243. The molecule has 110 valence electrons. The van der Waals surface area contributed by atoms with Gasteiger partial charge in [-0.05, 0) is 32.9 Å². The van der Waals surface area contributed by atoms with E-state index in [-0.39, 0.29) is 11.4 Å². The molecule has 7 heteroatoms. The van der Waals surface area contributed by atoms with E-state index in [0.717, 1.165) is 0 Å². The number of methoxy groups -OCH3 is 1. The molecule has 0 aliphatic carbocycles. The quantitative estimate of drug-likeness (QED) is 0.292. The second-order valence-corrected chi connectivity index (χ2v) is 5.20. The number of benzene rings is 1. The Morgan fingerprint density at radius 3 is 2.55 bits per heavy atom. The molecule has 0 spiro atoms. The Labute approximate surface area is 117 Å². The third-order valence-electron chi connectivity index (χ3n) is 2.36. The van der Waals surface area contributed by atoms with Crippen LogP contribution in [0.25, 0.3) is 0 Å². The summed E-state index contributed by atoms with van der Waals surface area (Å²) in [6, 6.07) is 4.55. The summed E-state index contributed by atoms with van der Waals surface area (Å²) in [6.07, 6.45) is 0. The van der Waals surface area contributed by atoms with E-state index in [1.165, 1.54) is 7.11 Å². The van der Waals surface area contributed by atoms with Crippen molar-refractivity contribution in [3.63, 3.8) is 0 Å². The Bertz CT molecular complexity index is 521. The summed E-state index contributed by atoms with van der Waals surface area (Å²) in [5.41, 5.74) is 5.92. The van der Waals surface area contributed by atoms with E-state index in [4.69, 9.17) is 15.7 Å². The third-order valence-corrected chi connectivity index (χ3v) is 2.36. The monoisotopic (exact) mass is 280 g/mol. The number of amidine groups is 1. The second kappa shape index (κ2) is 6.14. The van der Waals surface area contributed by atoms with E-state index in [1.54, 1.807) is 18.2 Å². The van der Waals surface area contributed by atoms with E-state index >= 15 is 0 Å². The van der Waals surface area contributed by atoms with Crippen LogP contribution in [0.5, 0.6) is 5.75 Å². The van der Waals surface area contributed by atoms with Crippen molar-refractivity contribution in [3.8, 4) is 5.75 Å². The van der Waals surface area contributed by atoms with Gasteiger partial charge in [-0.25, -0.2) is 4.79 Å². The number of anilines is 1. The first-order valence-electron chi connectivity index (χ1n) is 6.02. The number of nitrogens with zero attached hydrogens (tertiary/aromatic N) is 1. The minimum atomic E-state index is -0.408. The van der Waals surface area contributed by atoms with Crippen molar-refractivity contribution in [1.29, 1.82) is 0 Å². The molecule has 20 heavy (non-hydrogen) atoms. The van der Waals surface area contributed by atoms with Gasteiger partial charge in [0, 0.05) is 11.1 Å². The van der Waals surface area contributed by atoms with Gasteiger partial charge >= 0.3 is 6.03 Å². The molecule has 0 heterocycles. The van der Waals surface area contributed by atoms with Crippen molar-refractivity contribution in [3.05, 3.63) is 23.8 Å². The number of ether oxygens (including phenoxy) is 1. The Balaban J connectivity index is 3.12. The third kappa shape index (κ3) is 4.04.